The molecule has 0 aliphatic heterocycles. The van der Waals surface area contributed by atoms with Crippen molar-refractivity contribution in [3.05, 3.63) is 54.7 Å². The number of nitrogens with zero attached hydrogens (tertiary/aromatic N) is 3. The maximum absolute atomic E-state index is 9.10. The molecule has 7 nitrogen and oxygen atoms in total. The van der Waals surface area contributed by atoms with Crippen LogP contribution in [-0.2, 0) is 9.59 Å². The van der Waals surface area contributed by atoms with E-state index >= 15 is 0 Å². The van der Waals surface area contributed by atoms with E-state index in [4.69, 9.17) is 24.8 Å². The summed E-state index contributed by atoms with van der Waals surface area (Å²) in [6.45, 7) is 1.03. The maximum Gasteiger partial charge on any atom is 0.414 e. The van der Waals surface area contributed by atoms with E-state index in [0.717, 1.165) is 39.5 Å². The van der Waals surface area contributed by atoms with Crippen LogP contribution < -0.4 is 0 Å². The molecule has 0 saturated heterocycles. The molecule has 0 amide bonds. The molecule has 0 spiro atoms. The van der Waals surface area contributed by atoms with Gasteiger partial charge in [0.1, 0.15) is 5.03 Å². The highest BCUT2D eigenvalue weighted by Gasteiger charge is 2.10. The first-order chi connectivity index (χ1) is 13.4. The summed E-state index contributed by atoms with van der Waals surface area (Å²) >= 11 is 1.79. The van der Waals surface area contributed by atoms with Gasteiger partial charge in [-0.25, -0.2) is 14.6 Å². The van der Waals surface area contributed by atoms with Gasteiger partial charge in [-0.05, 0) is 38.4 Å². The number of pyridine rings is 2. The highest BCUT2D eigenvalue weighted by atomic mass is 32.2. The van der Waals surface area contributed by atoms with Gasteiger partial charge in [-0.15, -0.1) is 11.8 Å². The van der Waals surface area contributed by atoms with Crippen molar-refractivity contribution in [1.29, 1.82) is 0 Å². The maximum atomic E-state index is 9.10. The van der Waals surface area contributed by atoms with Crippen LogP contribution in [-0.4, -0.2) is 63.4 Å². The van der Waals surface area contributed by atoms with Crippen LogP contribution >= 0.6 is 11.8 Å². The summed E-state index contributed by atoms with van der Waals surface area (Å²) < 4.78 is 0. The largest absolute Gasteiger partial charge is 0.473 e. The van der Waals surface area contributed by atoms with Gasteiger partial charge in [-0.3, -0.25) is 4.98 Å². The molecule has 3 rings (SSSR count). The molecular weight excluding hydrogens is 378 g/mol. The smallest absolute Gasteiger partial charge is 0.414 e. The molecule has 0 radical (unpaired) electrons. The van der Waals surface area contributed by atoms with Crippen LogP contribution in [0.5, 0.6) is 0 Å². The first-order valence-electron chi connectivity index (χ1n) is 8.43. The van der Waals surface area contributed by atoms with Gasteiger partial charge in [-0.1, -0.05) is 24.3 Å². The molecule has 2 heterocycles. The zero-order valence-corrected chi connectivity index (χ0v) is 16.4. The molecule has 3 aromatic rings. The molecule has 146 valence electrons. The minimum atomic E-state index is -1.82. The summed E-state index contributed by atoms with van der Waals surface area (Å²) in [4.78, 5) is 29.7. The van der Waals surface area contributed by atoms with Crippen molar-refractivity contribution in [2.75, 3.05) is 26.4 Å². The fourth-order valence-electron chi connectivity index (χ4n) is 2.24. The number of thioether (sulfide) groups is 1. The monoisotopic (exact) mass is 399 g/mol. The number of aliphatic carboxylic acids is 2. The summed E-state index contributed by atoms with van der Waals surface area (Å²) in [5, 5.41) is 17.0. The number of carbonyl (C=O) groups is 2. The summed E-state index contributed by atoms with van der Waals surface area (Å²) in [6, 6.07) is 16.4. The summed E-state index contributed by atoms with van der Waals surface area (Å²) in [5.74, 6) is -2.64. The lowest BCUT2D eigenvalue weighted by Crippen LogP contribution is -2.14. The third-order valence-electron chi connectivity index (χ3n) is 3.59. The minimum absolute atomic E-state index is 0.980. The quantitative estimate of drug-likeness (QED) is 0.498. The van der Waals surface area contributed by atoms with E-state index in [-0.39, 0.29) is 0 Å². The van der Waals surface area contributed by atoms with Crippen molar-refractivity contribution >= 4 is 34.6 Å². The van der Waals surface area contributed by atoms with Gasteiger partial charge >= 0.3 is 11.9 Å². The molecule has 28 heavy (non-hydrogen) atoms. The van der Waals surface area contributed by atoms with Crippen LogP contribution in [0.25, 0.3) is 22.2 Å². The number of para-hydroxylation sites is 1. The third kappa shape index (κ3) is 6.33. The summed E-state index contributed by atoms with van der Waals surface area (Å²) in [7, 11) is 4.18. The molecular formula is C20H21N3O4S. The number of carboxylic acids is 2. The molecule has 0 aliphatic rings. The number of hydrogen-bond acceptors (Lipinski definition) is 6. The van der Waals surface area contributed by atoms with Crippen LogP contribution in [0.15, 0.2) is 59.8 Å². The average Bonchev–Trinajstić information content (AvgIpc) is 2.68. The Labute approximate surface area is 167 Å². The van der Waals surface area contributed by atoms with Crippen LogP contribution in [0.1, 0.15) is 0 Å². The highest BCUT2D eigenvalue weighted by molar-refractivity contribution is 7.99. The minimum Gasteiger partial charge on any atom is -0.473 e. The lowest BCUT2D eigenvalue weighted by atomic mass is 10.1. The Morgan fingerprint density at radius 2 is 1.71 bits per heavy atom. The summed E-state index contributed by atoms with van der Waals surface area (Å²) in [6.07, 6.45) is 1.83. The Morgan fingerprint density at radius 3 is 2.32 bits per heavy atom. The van der Waals surface area contributed by atoms with E-state index < -0.39 is 11.9 Å². The van der Waals surface area contributed by atoms with E-state index in [2.05, 4.69) is 42.2 Å². The Kier molecular flexibility index (Phi) is 7.91. The SMILES string of the molecule is CN(C)CCSc1nc2ccccc2cc1-c1ccccn1.O=C(O)C(=O)O. The summed E-state index contributed by atoms with van der Waals surface area (Å²) in [5.41, 5.74) is 3.13. The van der Waals surface area contributed by atoms with Crippen molar-refractivity contribution in [2.45, 2.75) is 5.03 Å². The van der Waals surface area contributed by atoms with Crippen LogP contribution in [0.3, 0.4) is 0 Å². The molecule has 0 aliphatic carbocycles. The van der Waals surface area contributed by atoms with E-state index in [1.165, 1.54) is 0 Å². The van der Waals surface area contributed by atoms with Crippen molar-refractivity contribution in [3.8, 4) is 11.3 Å². The van der Waals surface area contributed by atoms with Crippen LogP contribution in [0.4, 0.5) is 0 Å². The van der Waals surface area contributed by atoms with Gasteiger partial charge in [0.25, 0.3) is 0 Å². The van der Waals surface area contributed by atoms with Crippen molar-refractivity contribution in [2.24, 2.45) is 0 Å². The average molecular weight is 399 g/mol. The van der Waals surface area contributed by atoms with E-state index in [0.29, 0.717) is 0 Å². The highest BCUT2D eigenvalue weighted by Crippen LogP contribution is 2.31. The van der Waals surface area contributed by atoms with Crippen molar-refractivity contribution in [3.63, 3.8) is 0 Å². The Balaban J connectivity index is 0.000000409. The topological polar surface area (TPSA) is 104 Å². The fraction of sp³-hybridized carbons (Fsp3) is 0.200. The van der Waals surface area contributed by atoms with Crippen LogP contribution in [0, 0.1) is 0 Å². The molecule has 1 aromatic carbocycles. The molecule has 0 bridgehead atoms. The third-order valence-corrected chi connectivity index (χ3v) is 4.56. The zero-order valence-electron chi connectivity index (χ0n) is 15.6. The van der Waals surface area contributed by atoms with Gasteiger partial charge < -0.3 is 15.1 Å². The number of benzene rings is 1. The molecule has 8 heteroatoms. The number of fused-ring (bicyclic) bond motifs is 1. The zero-order chi connectivity index (χ0) is 20.5. The molecule has 2 aromatic heterocycles. The van der Waals surface area contributed by atoms with E-state index in [9.17, 15) is 0 Å². The second-order valence-corrected chi connectivity index (χ2v) is 7.09. The second-order valence-electron chi connectivity index (χ2n) is 6.01. The van der Waals surface area contributed by atoms with Crippen molar-refractivity contribution < 1.29 is 19.8 Å². The van der Waals surface area contributed by atoms with Gasteiger partial charge in [0, 0.05) is 29.4 Å². The molecule has 0 atom stereocenters. The lowest BCUT2D eigenvalue weighted by molar-refractivity contribution is -0.159. The number of aromatic nitrogens is 2. The van der Waals surface area contributed by atoms with Gasteiger partial charge in [-0.2, -0.15) is 0 Å². The number of hydrogen-bond donors (Lipinski definition) is 2. The van der Waals surface area contributed by atoms with E-state index in [1.807, 2.05) is 36.5 Å². The lowest BCUT2D eigenvalue weighted by Gasteiger charge is -2.12. The molecule has 0 saturated carbocycles. The Bertz CT molecular complexity index is 937. The van der Waals surface area contributed by atoms with Crippen LogP contribution in [0.2, 0.25) is 0 Å². The fourth-order valence-corrected chi connectivity index (χ4v) is 3.37. The van der Waals surface area contributed by atoms with Gasteiger partial charge in [0.05, 0.1) is 11.2 Å². The standard InChI is InChI=1S/C18H19N3S.C2H2O4/c1-21(2)11-12-22-18-15(17-9-5-6-10-19-17)13-14-7-3-4-8-16(14)20-18;3-1(4)2(5)6/h3-10,13H,11-12H2,1-2H3;(H,3,4)(H,5,6). The normalized spacial score (nSPS) is 10.4. The first kappa shape index (κ1) is 21.3. The predicted molar refractivity (Wildman–Crippen MR) is 110 cm³/mol. The van der Waals surface area contributed by atoms with Crippen molar-refractivity contribution in [1.82, 2.24) is 14.9 Å². The van der Waals surface area contributed by atoms with Gasteiger partial charge in [0.2, 0.25) is 0 Å². The number of rotatable bonds is 5. The predicted octanol–water partition coefficient (Wildman–Crippen LogP) is 3.11. The van der Waals surface area contributed by atoms with E-state index in [1.54, 1.807) is 11.8 Å². The second kappa shape index (κ2) is 10.4. The number of carboxylic acid groups (broad SMARTS) is 2. The Hall–Kier alpha value is -2.97. The molecule has 0 unspecified atom stereocenters. The first-order valence-corrected chi connectivity index (χ1v) is 9.42. The molecule has 0 fully saturated rings. The van der Waals surface area contributed by atoms with Gasteiger partial charge in [0.15, 0.2) is 0 Å². The Morgan fingerprint density at radius 1 is 1.04 bits per heavy atom. The molecule has 2 N–H and O–H groups in total.